The molecule has 1 amide bonds. The first-order valence-corrected chi connectivity index (χ1v) is 10.6. The highest BCUT2D eigenvalue weighted by molar-refractivity contribution is 8.00. The Kier molecular flexibility index (Phi) is 5.41. The lowest BCUT2D eigenvalue weighted by Crippen LogP contribution is -2.26. The van der Waals surface area contributed by atoms with Crippen molar-refractivity contribution in [3.8, 4) is 10.4 Å². The number of fused-ring (bicyclic) bond motifs is 1. The Morgan fingerprint density at radius 2 is 1.68 bits per heavy atom. The maximum absolute atomic E-state index is 12.9. The summed E-state index contributed by atoms with van der Waals surface area (Å²) < 4.78 is 0. The van der Waals surface area contributed by atoms with E-state index >= 15 is 0 Å². The van der Waals surface area contributed by atoms with Crippen molar-refractivity contribution >= 4 is 39.2 Å². The van der Waals surface area contributed by atoms with Crippen LogP contribution in [0.5, 0.6) is 0 Å². The minimum atomic E-state index is -0.352. The van der Waals surface area contributed by atoms with Gasteiger partial charge in [0.1, 0.15) is 21.4 Å². The molecule has 0 bridgehead atoms. The van der Waals surface area contributed by atoms with E-state index in [4.69, 9.17) is 0 Å². The van der Waals surface area contributed by atoms with E-state index in [9.17, 15) is 4.79 Å². The van der Waals surface area contributed by atoms with E-state index in [0.717, 1.165) is 31.2 Å². The molecule has 0 saturated carbocycles. The number of nitrogens with zero attached hydrogens (tertiary/aromatic N) is 3. The van der Waals surface area contributed by atoms with Gasteiger partial charge in [-0.3, -0.25) is 4.79 Å². The predicted molar refractivity (Wildman–Crippen MR) is 117 cm³/mol. The average molecular weight is 406 g/mol. The third-order valence-electron chi connectivity index (χ3n) is 4.35. The van der Waals surface area contributed by atoms with Gasteiger partial charge in [0.05, 0.1) is 0 Å². The van der Waals surface area contributed by atoms with Crippen molar-refractivity contribution in [2.45, 2.75) is 10.3 Å². The molecule has 2 aromatic carbocycles. The van der Waals surface area contributed by atoms with Crippen LogP contribution in [0.25, 0.3) is 20.7 Å². The van der Waals surface area contributed by atoms with Crippen LogP contribution in [-0.4, -0.2) is 34.9 Å². The molecule has 0 N–H and O–H groups in total. The molecule has 0 spiro atoms. The van der Waals surface area contributed by atoms with Gasteiger partial charge in [-0.1, -0.05) is 72.4 Å². The fourth-order valence-electron chi connectivity index (χ4n) is 2.91. The molecule has 2 aromatic heterocycles. The lowest BCUT2D eigenvalue weighted by molar-refractivity contribution is -0.128. The number of thiophene rings is 1. The van der Waals surface area contributed by atoms with E-state index in [2.05, 4.69) is 28.2 Å². The maximum atomic E-state index is 12.9. The van der Waals surface area contributed by atoms with Crippen LogP contribution in [0.4, 0.5) is 0 Å². The van der Waals surface area contributed by atoms with Gasteiger partial charge in [-0.2, -0.15) is 0 Å². The molecule has 6 heteroatoms. The van der Waals surface area contributed by atoms with E-state index in [1.807, 2.05) is 48.5 Å². The summed E-state index contributed by atoms with van der Waals surface area (Å²) in [4.78, 5) is 25.5. The molecule has 0 aliphatic heterocycles. The van der Waals surface area contributed by atoms with Crippen molar-refractivity contribution < 1.29 is 4.79 Å². The van der Waals surface area contributed by atoms with Gasteiger partial charge in [0.2, 0.25) is 5.91 Å². The molecule has 2 heterocycles. The number of benzene rings is 2. The molecule has 0 radical (unpaired) electrons. The quantitative estimate of drug-likeness (QED) is 0.335. The Morgan fingerprint density at radius 1 is 1.00 bits per heavy atom. The number of carbonyl (C=O) groups is 1. The number of thioether (sulfide) groups is 1. The molecule has 4 aromatic rings. The first-order chi connectivity index (χ1) is 13.6. The summed E-state index contributed by atoms with van der Waals surface area (Å²) in [5.74, 6) is 0.0430. The predicted octanol–water partition coefficient (Wildman–Crippen LogP) is 5.28. The number of hydrogen-bond donors (Lipinski definition) is 0. The molecule has 4 nitrogen and oxygen atoms in total. The fourth-order valence-corrected chi connectivity index (χ4v) is 5.20. The topological polar surface area (TPSA) is 46.1 Å². The van der Waals surface area contributed by atoms with Crippen LogP contribution < -0.4 is 0 Å². The minimum Gasteiger partial charge on any atom is -0.348 e. The standard InChI is InChI=1S/C22H19N3OS2/c1-25(2)22(26)19(16-11-7-4-8-12-16)28-21-17-13-18(15-9-5-3-6-10-15)27-20(17)23-14-24-21/h3-14,19H,1-2H3. The third-order valence-corrected chi connectivity index (χ3v) is 6.70. The summed E-state index contributed by atoms with van der Waals surface area (Å²) in [6, 6.07) is 22.2. The van der Waals surface area contributed by atoms with Crippen LogP contribution in [0.3, 0.4) is 0 Å². The second-order valence-electron chi connectivity index (χ2n) is 6.52. The van der Waals surface area contributed by atoms with Crippen molar-refractivity contribution in [2.75, 3.05) is 14.1 Å². The zero-order valence-electron chi connectivity index (χ0n) is 15.6. The van der Waals surface area contributed by atoms with Gasteiger partial charge in [0.15, 0.2) is 0 Å². The van der Waals surface area contributed by atoms with E-state index in [1.165, 1.54) is 11.8 Å². The molecule has 0 aliphatic rings. The highest BCUT2D eigenvalue weighted by Gasteiger charge is 2.25. The summed E-state index contributed by atoms with van der Waals surface area (Å²) in [7, 11) is 3.57. The number of carbonyl (C=O) groups excluding carboxylic acids is 1. The first kappa shape index (κ1) is 18.7. The molecule has 28 heavy (non-hydrogen) atoms. The van der Waals surface area contributed by atoms with Crippen LogP contribution in [0.2, 0.25) is 0 Å². The second kappa shape index (κ2) is 8.12. The minimum absolute atomic E-state index is 0.0430. The lowest BCUT2D eigenvalue weighted by atomic mass is 10.1. The molecule has 4 rings (SSSR count). The van der Waals surface area contributed by atoms with Gasteiger partial charge in [-0.15, -0.1) is 11.3 Å². The van der Waals surface area contributed by atoms with Gasteiger partial charge in [-0.05, 0) is 17.2 Å². The third kappa shape index (κ3) is 3.79. The zero-order valence-corrected chi connectivity index (χ0v) is 17.2. The molecular formula is C22H19N3OS2. The summed E-state index contributed by atoms with van der Waals surface area (Å²) in [5, 5.41) is 1.46. The Hall–Kier alpha value is -2.70. The Labute approximate surface area is 172 Å². The van der Waals surface area contributed by atoms with E-state index in [1.54, 1.807) is 36.7 Å². The normalized spacial score (nSPS) is 12.1. The van der Waals surface area contributed by atoms with Crippen molar-refractivity contribution in [3.63, 3.8) is 0 Å². The maximum Gasteiger partial charge on any atom is 0.240 e. The van der Waals surface area contributed by atoms with Gasteiger partial charge in [-0.25, -0.2) is 9.97 Å². The molecule has 140 valence electrons. The molecule has 0 aliphatic carbocycles. The summed E-state index contributed by atoms with van der Waals surface area (Å²) >= 11 is 3.12. The Balaban J connectivity index is 1.75. The van der Waals surface area contributed by atoms with Gasteiger partial charge in [0.25, 0.3) is 0 Å². The van der Waals surface area contributed by atoms with Crippen LogP contribution in [0.1, 0.15) is 10.8 Å². The summed E-state index contributed by atoms with van der Waals surface area (Å²) in [5.41, 5.74) is 2.13. The molecule has 1 atom stereocenters. The average Bonchev–Trinajstić information content (AvgIpc) is 3.18. The van der Waals surface area contributed by atoms with Crippen molar-refractivity contribution in [3.05, 3.63) is 78.6 Å². The van der Waals surface area contributed by atoms with Crippen molar-refractivity contribution in [2.24, 2.45) is 0 Å². The van der Waals surface area contributed by atoms with E-state index in [-0.39, 0.29) is 11.2 Å². The van der Waals surface area contributed by atoms with E-state index in [0.29, 0.717) is 0 Å². The summed E-state index contributed by atoms with van der Waals surface area (Å²) in [6.07, 6.45) is 1.58. The van der Waals surface area contributed by atoms with Crippen LogP contribution in [-0.2, 0) is 4.79 Å². The van der Waals surface area contributed by atoms with Gasteiger partial charge < -0.3 is 4.90 Å². The van der Waals surface area contributed by atoms with Gasteiger partial charge >= 0.3 is 0 Å². The number of likely N-dealkylation sites (N-methyl/N-ethyl adjacent to an activating group) is 1. The van der Waals surface area contributed by atoms with Crippen LogP contribution in [0.15, 0.2) is 78.1 Å². The number of aromatic nitrogens is 2. The van der Waals surface area contributed by atoms with Crippen molar-refractivity contribution in [1.82, 2.24) is 14.9 Å². The first-order valence-electron chi connectivity index (χ1n) is 8.86. The SMILES string of the molecule is CN(C)C(=O)C(Sc1ncnc2sc(-c3ccccc3)cc12)c1ccccc1. The van der Waals surface area contributed by atoms with Crippen LogP contribution >= 0.6 is 23.1 Å². The highest BCUT2D eigenvalue weighted by Crippen LogP contribution is 2.41. The zero-order chi connectivity index (χ0) is 19.5. The van der Waals surface area contributed by atoms with Crippen molar-refractivity contribution in [1.29, 1.82) is 0 Å². The lowest BCUT2D eigenvalue weighted by Gasteiger charge is -2.20. The molecule has 1 unspecified atom stereocenters. The molecule has 0 saturated heterocycles. The Bertz CT molecular complexity index is 1090. The van der Waals surface area contributed by atoms with E-state index < -0.39 is 0 Å². The number of hydrogen-bond acceptors (Lipinski definition) is 5. The van der Waals surface area contributed by atoms with Crippen LogP contribution in [0, 0.1) is 0 Å². The van der Waals surface area contributed by atoms with Gasteiger partial charge in [0, 0.05) is 24.4 Å². The molecule has 0 fully saturated rings. The smallest absolute Gasteiger partial charge is 0.240 e. The Morgan fingerprint density at radius 3 is 2.36 bits per heavy atom. The monoisotopic (exact) mass is 405 g/mol. The number of amides is 1. The fraction of sp³-hybridized carbons (Fsp3) is 0.136. The molecular weight excluding hydrogens is 386 g/mol. The highest BCUT2D eigenvalue weighted by atomic mass is 32.2. The summed E-state index contributed by atoms with van der Waals surface area (Å²) in [6.45, 7) is 0. The number of rotatable bonds is 5. The second-order valence-corrected chi connectivity index (χ2v) is 8.64. The largest absolute Gasteiger partial charge is 0.348 e.